The smallest absolute Gasteiger partial charge is 0.256 e. The molecule has 1 N–H and O–H groups in total. The van der Waals surface area contributed by atoms with E-state index in [0.717, 1.165) is 6.42 Å². The fraction of sp³-hybridized carbons (Fsp3) is 1.00. The average molecular weight is 207 g/mol. The van der Waals surface area contributed by atoms with Crippen LogP contribution in [0.4, 0.5) is 8.78 Å². The average Bonchev–Trinajstić information content (AvgIpc) is 2.14. The molecule has 0 amide bonds. The Morgan fingerprint density at radius 2 is 2.29 bits per heavy atom. The number of hydrogen-bond acceptors (Lipinski definition) is 2. The minimum absolute atomic E-state index is 0.0675. The van der Waals surface area contributed by atoms with Crippen molar-refractivity contribution in [3.8, 4) is 0 Å². The van der Waals surface area contributed by atoms with Gasteiger partial charge in [-0.3, -0.25) is 0 Å². The number of halogens is 2. The summed E-state index contributed by atoms with van der Waals surface area (Å²) in [7, 11) is 0. The van der Waals surface area contributed by atoms with E-state index in [-0.39, 0.29) is 6.10 Å². The van der Waals surface area contributed by atoms with E-state index in [1.54, 1.807) is 0 Å². The van der Waals surface area contributed by atoms with Crippen LogP contribution in [0, 0.1) is 0 Å². The van der Waals surface area contributed by atoms with E-state index in [1.807, 2.05) is 13.8 Å². The number of hydrogen-bond donors (Lipinski definition) is 1. The third-order valence-electron chi connectivity index (χ3n) is 2.75. The van der Waals surface area contributed by atoms with Gasteiger partial charge in [0.2, 0.25) is 0 Å². The maximum Gasteiger partial charge on any atom is 0.256 e. The summed E-state index contributed by atoms with van der Waals surface area (Å²) in [6, 6.07) is 0. The van der Waals surface area contributed by atoms with Gasteiger partial charge in [-0.25, -0.2) is 8.78 Å². The summed E-state index contributed by atoms with van der Waals surface area (Å²) in [6.45, 7) is 4.91. The minimum Gasteiger partial charge on any atom is -0.378 e. The molecule has 0 spiro atoms. The lowest BCUT2D eigenvalue weighted by molar-refractivity contribution is -0.0773. The van der Waals surface area contributed by atoms with Crippen LogP contribution < -0.4 is 5.32 Å². The van der Waals surface area contributed by atoms with Gasteiger partial charge in [0.05, 0.1) is 11.6 Å². The summed E-state index contributed by atoms with van der Waals surface area (Å²) in [5.74, 6) is 0. The molecule has 1 fully saturated rings. The summed E-state index contributed by atoms with van der Waals surface area (Å²) >= 11 is 0. The Bertz CT molecular complexity index is 178. The topological polar surface area (TPSA) is 21.3 Å². The summed E-state index contributed by atoms with van der Waals surface area (Å²) in [5.41, 5.74) is -1.01. The first kappa shape index (κ1) is 11.9. The molecule has 4 heteroatoms. The molecule has 0 bridgehead atoms. The van der Waals surface area contributed by atoms with Crippen molar-refractivity contribution in [1.82, 2.24) is 5.32 Å². The summed E-state index contributed by atoms with van der Waals surface area (Å²) in [4.78, 5) is 0. The highest BCUT2D eigenvalue weighted by molar-refractivity contribution is 4.94. The fourth-order valence-electron chi connectivity index (χ4n) is 1.93. The predicted molar refractivity (Wildman–Crippen MR) is 51.7 cm³/mol. The van der Waals surface area contributed by atoms with Crippen molar-refractivity contribution in [2.24, 2.45) is 0 Å². The second-order valence-corrected chi connectivity index (χ2v) is 4.02. The van der Waals surface area contributed by atoms with Crippen LogP contribution in [0.15, 0.2) is 0 Å². The minimum atomic E-state index is -2.31. The van der Waals surface area contributed by atoms with Crippen LogP contribution in [0.25, 0.3) is 0 Å². The van der Waals surface area contributed by atoms with Crippen molar-refractivity contribution in [2.75, 3.05) is 13.2 Å². The Hall–Kier alpha value is -0.220. The molecule has 84 valence electrons. The number of ether oxygens (including phenoxy) is 1. The zero-order valence-electron chi connectivity index (χ0n) is 8.85. The predicted octanol–water partition coefficient (Wildman–Crippen LogP) is 2.19. The Balaban J connectivity index is 2.60. The monoisotopic (exact) mass is 207 g/mol. The number of rotatable bonds is 4. The molecule has 0 aromatic carbocycles. The van der Waals surface area contributed by atoms with E-state index >= 15 is 0 Å². The summed E-state index contributed by atoms with van der Waals surface area (Å²) in [5, 5.41) is 2.98. The van der Waals surface area contributed by atoms with Gasteiger partial charge in [-0.15, -0.1) is 0 Å². The van der Waals surface area contributed by atoms with Gasteiger partial charge in [0.1, 0.15) is 0 Å². The molecule has 14 heavy (non-hydrogen) atoms. The largest absolute Gasteiger partial charge is 0.378 e. The van der Waals surface area contributed by atoms with Crippen molar-refractivity contribution >= 4 is 0 Å². The Morgan fingerprint density at radius 1 is 1.57 bits per heavy atom. The molecule has 1 aliphatic heterocycles. The van der Waals surface area contributed by atoms with Crippen LogP contribution in [0.5, 0.6) is 0 Å². The van der Waals surface area contributed by atoms with E-state index in [4.69, 9.17) is 4.74 Å². The van der Waals surface area contributed by atoms with Gasteiger partial charge in [-0.05, 0) is 32.7 Å². The normalized spacial score (nSPS) is 33.6. The van der Waals surface area contributed by atoms with E-state index in [1.165, 1.54) is 0 Å². The molecule has 2 unspecified atom stereocenters. The lowest BCUT2D eigenvalue weighted by Gasteiger charge is -2.40. The van der Waals surface area contributed by atoms with Crippen LogP contribution in [-0.4, -0.2) is 31.2 Å². The standard InChI is InChI=1S/C10H19F2NO/c1-3-5-13-10(9(11)12)4-6-14-8(2)7-10/h8-9,13H,3-7H2,1-2H3. The molecule has 1 aliphatic rings. The van der Waals surface area contributed by atoms with Crippen molar-refractivity contribution < 1.29 is 13.5 Å². The first-order valence-electron chi connectivity index (χ1n) is 5.25. The fourth-order valence-corrected chi connectivity index (χ4v) is 1.93. The highest BCUT2D eigenvalue weighted by Crippen LogP contribution is 2.30. The molecule has 0 aliphatic carbocycles. The van der Waals surface area contributed by atoms with Crippen LogP contribution in [0.1, 0.15) is 33.1 Å². The quantitative estimate of drug-likeness (QED) is 0.763. The number of nitrogens with one attached hydrogen (secondary N) is 1. The van der Waals surface area contributed by atoms with E-state index in [0.29, 0.717) is 26.0 Å². The molecule has 0 aromatic rings. The summed E-state index contributed by atoms with van der Waals surface area (Å²) in [6.07, 6.45) is -0.675. The first-order valence-corrected chi connectivity index (χ1v) is 5.25. The second-order valence-electron chi connectivity index (χ2n) is 4.02. The lowest BCUT2D eigenvalue weighted by atomic mass is 9.87. The van der Waals surface area contributed by atoms with Crippen molar-refractivity contribution in [1.29, 1.82) is 0 Å². The summed E-state index contributed by atoms with van der Waals surface area (Å²) < 4.78 is 31.2. The van der Waals surface area contributed by atoms with Crippen LogP contribution in [-0.2, 0) is 4.74 Å². The molecule has 2 atom stereocenters. The third-order valence-corrected chi connectivity index (χ3v) is 2.75. The Labute approximate surface area is 84.0 Å². The zero-order chi connectivity index (χ0) is 10.6. The van der Waals surface area contributed by atoms with Crippen LogP contribution in [0.2, 0.25) is 0 Å². The third kappa shape index (κ3) is 2.64. The van der Waals surface area contributed by atoms with Gasteiger partial charge in [0.15, 0.2) is 0 Å². The van der Waals surface area contributed by atoms with Crippen molar-refractivity contribution in [3.05, 3.63) is 0 Å². The van der Waals surface area contributed by atoms with Crippen molar-refractivity contribution in [3.63, 3.8) is 0 Å². The molecular weight excluding hydrogens is 188 g/mol. The highest BCUT2D eigenvalue weighted by atomic mass is 19.3. The van der Waals surface area contributed by atoms with Gasteiger partial charge in [-0.2, -0.15) is 0 Å². The zero-order valence-corrected chi connectivity index (χ0v) is 8.85. The van der Waals surface area contributed by atoms with Gasteiger partial charge in [0.25, 0.3) is 6.43 Å². The molecular formula is C10H19F2NO. The van der Waals surface area contributed by atoms with Gasteiger partial charge in [-0.1, -0.05) is 6.92 Å². The van der Waals surface area contributed by atoms with E-state index in [9.17, 15) is 8.78 Å². The molecule has 0 aromatic heterocycles. The van der Waals surface area contributed by atoms with Crippen LogP contribution >= 0.6 is 0 Å². The molecule has 1 heterocycles. The molecule has 2 nitrogen and oxygen atoms in total. The second kappa shape index (κ2) is 5.03. The Kier molecular flexibility index (Phi) is 4.26. The molecule has 1 rings (SSSR count). The maximum atomic E-state index is 13.0. The lowest BCUT2D eigenvalue weighted by Crippen LogP contribution is -2.56. The number of alkyl halides is 2. The van der Waals surface area contributed by atoms with Crippen molar-refractivity contribution in [2.45, 2.75) is 51.2 Å². The molecule has 0 radical (unpaired) electrons. The maximum absolute atomic E-state index is 13.0. The molecule has 0 saturated carbocycles. The van der Waals surface area contributed by atoms with Gasteiger partial charge < -0.3 is 10.1 Å². The SMILES string of the molecule is CCCNC1(C(F)F)CCOC(C)C1. The molecule has 1 saturated heterocycles. The Morgan fingerprint density at radius 3 is 2.79 bits per heavy atom. The van der Waals surface area contributed by atoms with Gasteiger partial charge in [0, 0.05) is 6.61 Å². The first-order chi connectivity index (χ1) is 6.60. The van der Waals surface area contributed by atoms with E-state index < -0.39 is 12.0 Å². The van der Waals surface area contributed by atoms with E-state index in [2.05, 4.69) is 5.32 Å². The van der Waals surface area contributed by atoms with Crippen LogP contribution in [0.3, 0.4) is 0 Å². The van der Waals surface area contributed by atoms with Gasteiger partial charge >= 0.3 is 0 Å². The highest BCUT2D eigenvalue weighted by Gasteiger charge is 2.42.